The van der Waals surface area contributed by atoms with Gasteiger partial charge in [-0.15, -0.1) is 0 Å². The van der Waals surface area contributed by atoms with Gasteiger partial charge in [-0.05, 0) is 5.56 Å². The predicted octanol–water partition coefficient (Wildman–Crippen LogP) is 0.313. The van der Waals surface area contributed by atoms with E-state index in [-0.39, 0.29) is 18.9 Å². The highest BCUT2D eigenvalue weighted by Crippen LogP contribution is 2.15. The fourth-order valence-corrected chi connectivity index (χ4v) is 2.25. The summed E-state index contributed by atoms with van der Waals surface area (Å²) >= 11 is 0. The first-order valence-electron chi connectivity index (χ1n) is 6.08. The molecule has 0 radical (unpaired) electrons. The molecule has 1 heterocycles. The molecule has 1 saturated heterocycles. The Morgan fingerprint density at radius 3 is 2.79 bits per heavy atom. The van der Waals surface area contributed by atoms with Gasteiger partial charge in [0.15, 0.2) is 5.78 Å². The average molecular weight is 264 g/mol. The van der Waals surface area contributed by atoms with E-state index in [0.29, 0.717) is 24.2 Å². The first-order chi connectivity index (χ1) is 9.15. The second-order valence-corrected chi connectivity index (χ2v) is 4.38. The molecule has 1 aromatic carbocycles. The molecule has 1 atom stereocenters. The minimum Gasteiger partial charge on any atom is -0.465 e. The first-order valence-corrected chi connectivity index (χ1v) is 6.08. The van der Waals surface area contributed by atoms with Gasteiger partial charge in [0, 0.05) is 25.2 Å². The van der Waals surface area contributed by atoms with Crippen molar-refractivity contribution in [3.8, 4) is 0 Å². The zero-order valence-corrected chi connectivity index (χ0v) is 10.4. The summed E-state index contributed by atoms with van der Waals surface area (Å²) in [5.41, 5.74) is 0.897. The molecule has 0 aliphatic carbocycles. The quantitative estimate of drug-likeness (QED) is 0.684. The largest absolute Gasteiger partial charge is 0.465 e. The van der Waals surface area contributed by atoms with E-state index in [4.69, 9.17) is 5.11 Å². The van der Waals surface area contributed by atoms with Crippen LogP contribution < -0.4 is 5.32 Å². The molecule has 2 rings (SSSR count). The number of amides is 1. The summed E-state index contributed by atoms with van der Waals surface area (Å²) in [6.07, 6.45) is -1.10. The number of aliphatic hydroxyl groups excluding tert-OH is 1. The number of carbonyl (C=O) groups excluding carboxylic acids is 1. The summed E-state index contributed by atoms with van der Waals surface area (Å²) in [5.74, 6) is -0.278. The minimum absolute atomic E-state index is 0.241. The van der Waals surface area contributed by atoms with Crippen LogP contribution in [0, 0.1) is 0 Å². The standard InChI is InChI=1S/C13H16N2O4/c16-8-9-3-1-2-4-10(9)12(17)11-7-14-5-6-15(11)13(18)19/h1-4,11,14,16H,5-8H2,(H,18,19). The highest BCUT2D eigenvalue weighted by molar-refractivity contribution is 6.02. The third-order valence-corrected chi connectivity index (χ3v) is 3.24. The predicted molar refractivity (Wildman–Crippen MR) is 68.1 cm³/mol. The maximum atomic E-state index is 12.4. The van der Waals surface area contributed by atoms with E-state index < -0.39 is 12.1 Å². The van der Waals surface area contributed by atoms with Crippen molar-refractivity contribution >= 4 is 11.9 Å². The van der Waals surface area contributed by atoms with Gasteiger partial charge < -0.3 is 15.5 Å². The lowest BCUT2D eigenvalue weighted by Crippen LogP contribution is -2.56. The van der Waals surface area contributed by atoms with Gasteiger partial charge in [0.05, 0.1) is 6.61 Å². The van der Waals surface area contributed by atoms with Crippen LogP contribution in [0.2, 0.25) is 0 Å². The number of nitrogens with zero attached hydrogens (tertiary/aromatic N) is 1. The van der Waals surface area contributed by atoms with Crippen LogP contribution in [0.4, 0.5) is 4.79 Å². The van der Waals surface area contributed by atoms with Crippen molar-refractivity contribution in [2.75, 3.05) is 19.6 Å². The SMILES string of the molecule is O=C(c1ccccc1CO)C1CNCCN1C(=O)O. The zero-order valence-electron chi connectivity index (χ0n) is 10.4. The number of Topliss-reactive ketones (excluding diaryl/α,β-unsaturated/α-hetero) is 1. The molecule has 6 nitrogen and oxygen atoms in total. The Bertz CT molecular complexity index is 489. The van der Waals surface area contributed by atoms with Crippen molar-refractivity contribution in [3.05, 3.63) is 35.4 Å². The van der Waals surface area contributed by atoms with Gasteiger partial charge in [0.25, 0.3) is 0 Å². The Morgan fingerprint density at radius 1 is 1.37 bits per heavy atom. The lowest BCUT2D eigenvalue weighted by Gasteiger charge is -2.33. The van der Waals surface area contributed by atoms with E-state index in [1.807, 2.05) is 0 Å². The number of piperazine rings is 1. The van der Waals surface area contributed by atoms with Crippen LogP contribution >= 0.6 is 0 Å². The summed E-state index contributed by atoms with van der Waals surface area (Å²) in [7, 11) is 0. The number of rotatable bonds is 3. The molecule has 102 valence electrons. The highest BCUT2D eigenvalue weighted by atomic mass is 16.4. The van der Waals surface area contributed by atoms with E-state index in [2.05, 4.69) is 5.32 Å². The number of benzene rings is 1. The Balaban J connectivity index is 2.29. The molecule has 0 spiro atoms. The van der Waals surface area contributed by atoms with Crippen LogP contribution in [0.5, 0.6) is 0 Å². The molecule has 1 aliphatic rings. The topological polar surface area (TPSA) is 89.9 Å². The fourth-order valence-electron chi connectivity index (χ4n) is 2.25. The molecule has 1 unspecified atom stereocenters. The van der Waals surface area contributed by atoms with Crippen molar-refractivity contribution in [3.63, 3.8) is 0 Å². The smallest absolute Gasteiger partial charge is 0.408 e. The number of hydrogen-bond acceptors (Lipinski definition) is 4. The van der Waals surface area contributed by atoms with Crippen LogP contribution in [-0.4, -0.2) is 52.7 Å². The first kappa shape index (κ1) is 13.5. The summed E-state index contributed by atoms with van der Waals surface area (Å²) in [5, 5.41) is 21.4. The average Bonchev–Trinajstić information content (AvgIpc) is 2.46. The van der Waals surface area contributed by atoms with Crippen LogP contribution in [0.25, 0.3) is 0 Å². The van der Waals surface area contributed by atoms with Crippen molar-refractivity contribution in [2.24, 2.45) is 0 Å². The number of carboxylic acid groups (broad SMARTS) is 1. The number of hydrogen-bond donors (Lipinski definition) is 3. The van der Waals surface area contributed by atoms with Crippen molar-refractivity contribution < 1.29 is 19.8 Å². The third kappa shape index (κ3) is 2.74. The maximum absolute atomic E-state index is 12.4. The van der Waals surface area contributed by atoms with E-state index in [9.17, 15) is 14.7 Å². The van der Waals surface area contributed by atoms with Gasteiger partial charge in [0.1, 0.15) is 6.04 Å². The van der Waals surface area contributed by atoms with Crippen LogP contribution in [0.15, 0.2) is 24.3 Å². The fraction of sp³-hybridized carbons (Fsp3) is 0.385. The second-order valence-electron chi connectivity index (χ2n) is 4.38. The van der Waals surface area contributed by atoms with Gasteiger partial charge in [0.2, 0.25) is 0 Å². The Kier molecular flexibility index (Phi) is 4.13. The third-order valence-electron chi connectivity index (χ3n) is 3.24. The summed E-state index contributed by atoms with van der Waals surface area (Å²) in [6, 6.07) is 5.97. The van der Waals surface area contributed by atoms with Gasteiger partial charge in [-0.25, -0.2) is 4.79 Å². The normalized spacial score (nSPS) is 19.2. The molecule has 3 N–H and O–H groups in total. The monoisotopic (exact) mass is 264 g/mol. The lowest BCUT2D eigenvalue weighted by molar-refractivity contribution is 0.0738. The van der Waals surface area contributed by atoms with E-state index in [1.54, 1.807) is 24.3 Å². The van der Waals surface area contributed by atoms with Crippen LogP contribution in [-0.2, 0) is 6.61 Å². The molecule has 0 saturated carbocycles. The molecule has 0 bridgehead atoms. The molecule has 6 heteroatoms. The Labute approximate surface area is 110 Å². The van der Waals surface area contributed by atoms with Crippen molar-refractivity contribution in [1.29, 1.82) is 0 Å². The van der Waals surface area contributed by atoms with E-state index in [1.165, 1.54) is 0 Å². The van der Waals surface area contributed by atoms with Crippen LogP contribution in [0.3, 0.4) is 0 Å². The molecule has 19 heavy (non-hydrogen) atoms. The summed E-state index contributed by atoms with van der Waals surface area (Å²) in [6.45, 7) is 0.880. The number of ketones is 1. The van der Waals surface area contributed by atoms with Gasteiger partial charge in [-0.3, -0.25) is 9.69 Å². The van der Waals surface area contributed by atoms with Gasteiger partial charge >= 0.3 is 6.09 Å². The maximum Gasteiger partial charge on any atom is 0.408 e. The molecular weight excluding hydrogens is 248 g/mol. The number of aliphatic hydroxyl groups is 1. The Hall–Kier alpha value is -1.92. The molecule has 1 aliphatic heterocycles. The molecule has 1 fully saturated rings. The minimum atomic E-state index is -1.10. The number of nitrogens with one attached hydrogen (secondary N) is 1. The summed E-state index contributed by atoms with van der Waals surface area (Å²) < 4.78 is 0. The number of carbonyl (C=O) groups is 2. The Morgan fingerprint density at radius 2 is 2.11 bits per heavy atom. The highest BCUT2D eigenvalue weighted by Gasteiger charge is 2.33. The molecular formula is C13H16N2O4. The lowest BCUT2D eigenvalue weighted by atomic mass is 9.97. The van der Waals surface area contributed by atoms with E-state index >= 15 is 0 Å². The molecule has 1 aromatic rings. The van der Waals surface area contributed by atoms with Crippen molar-refractivity contribution in [2.45, 2.75) is 12.6 Å². The van der Waals surface area contributed by atoms with Gasteiger partial charge in [-0.2, -0.15) is 0 Å². The summed E-state index contributed by atoms with van der Waals surface area (Å²) in [4.78, 5) is 24.7. The second kappa shape index (κ2) is 5.81. The van der Waals surface area contributed by atoms with Crippen molar-refractivity contribution in [1.82, 2.24) is 10.2 Å². The van der Waals surface area contributed by atoms with Crippen LogP contribution in [0.1, 0.15) is 15.9 Å². The molecule has 0 aromatic heterocycles. The van der Waals surface area contributed by atoms with E-state index in [0.717, 1.165) is 4.90 Å². The molecule has 1 amide bonds. The zero-order chi connectivity index (χ0) is 13.8. The van der Waals surface area contributed by atoms with Gasteiger partial charge in [-0.1, -0.05) is 24.3 Å².